The van der Waals surface area contributed by atoms with Gasteiger partial charge in [0.1, 0.15) is 0 Å². The lowest BCUT2D eigenvalue weighted by Gasteiger charge is -2.39. The number of aromatic nitrogens is 3. The van der Waals surface area contributed by atoms with Crippen LogP contribution in [0.1, 0.15) is 10.4 Å². The Balaban J connectivity index is 1.54. The van der Waals surface area contributed by atoms with Crippen molar-refractivity contribution in [2.45, 2.75) is 6.04 Å². The predicted octanol–water partition coefficient (Wildman–Crippen LogP) is 0.817. The molecule has 3 heterocycles. The molecule has 0 bridgehead atoms. The lowest BCUT2D eigenvalue weighted by molar-refractivity contribution is 0.0624. The number of rotatable bonds is 4. The van der Waals surface area contributed by atoms with Gasteiger partial charge in [0.05, 0.1) is 18.7 Å². The number of amides is 1. The average Bonchev–Trinajstić information content (AvgIpc) is 2.51. The van der Waals surface area contributed by atoms with Crippen molar-refractivity contribution >= 4 is 11.9 Å². The van der Waals surface area contributed by atoms with Crippen LogP contribution >= 0.6 is 0 Å². The van der Waals surface area contributed by atoms with Gasteiger partial charge in [0.15, 0.2) is 0 Å². The number of nitrogens with one attached hydrogen (secondary N) is 1. The number of ether oxygens (including phenoxy) is 1. The fourth-order valence-corrected chi connectivity index (χ4v) is 2.10. The summed E-state index contributed by atoms with van der Waals surface area (Å²) < 4.78 is 4.97. The van der Waals surface area contributed by atoms with E-state index in [1.54, 1.807) is 42.6 Å². The van der Waals surface area contributed by atoms with E-state index >= 15 is 0 Å². The fraction of sp³-hybridized carbons (Fsp3) is 0.286. The second-order valence-corrected chi connectivity index (χ2v) is 4.71. The Morgan fingerprint density at radius 3 is 2.67 bits per heavy atom. The first-order chi connectivity index (χ1) is 10.3. The van der Waals surface area contributed by atoms with Crippen LogP contribution in [0.2, 0.25) is 0 Å². The third-order valence-electron chi connectivity index (χ3n) is 3.26. The molecular weight excluding hydrogens is 270 g/mol. The van der Waals surface area contributed by atoms with E-state index in [2.05, 4.69) is 20.3 Å². The molecule has 1 aliphatic heterocycles. The van der Waals surface area contributed by atoms with Gasteiger partial charge in [-0.25, -0.2) is 15.0 Å². The number of hydrogen-bond acceptors (Lipinski definition) is 6. The van der Waals surface area contributed by atoms with Crippen LogP contribution in [-0.2, 0) is 0 Å². The quantitative estimate of drug-likeness (QED) is 0.895. The summed E-state index contributed by atoms with van der Waals surface area (Å²) in [6.07, 6.45) is 4.89. The zero-order valence-electron chi connectivity index (χ0n) is 11.6. The number of hydrogen-bond donors (Lipinski definition) is 1. The summed E-state index contributed by atoms with van der Waals surface area (Å²) in [6.45, 7) is 1.26. The minimum atomic E-state index is -0.0304. The van der Waals surface area contributed by atoms with Crippen LogP contribution in [0.25, 0.3) is 0 Å². The molecule has 1 aliphatic rings. The molecule has 1 N–H and O–H groups in total. The van der Waals surface area contributed by atoms with Crippen molar-refractivity contribution in [3.8, 4) is 5.88 Å². The molecule has 0 aromatic carbocycles. The lowest BCUT2D eigenvalue weighted by Crippen LogP contribution is -2.57. The summed E-state index contributed by atoms with van der Waals surface area (Å²) >= 11 is 0. The highest BCUT2D eigenvalue weighted by atomic mass is 16.5. The molecule has 21 heavy (non-hydrogen) atoms. The molecule has 1 fully saturated rings. The second-order valence-electron chi connectivity index (χ2n) is 4.71. The van der Waals surface area contributed by atoms with E-state index in [4.69, 9.17) is 4.74 Å². The second kappa shape index (κ2) is 5.74. The predicted molar refractivity (Wildman–Crippen MR) is 76.1 cm³/mol. The number of nitrogens with zero attached hydrogens (tertiary/aromatic N) is 4. The molecule has 2 aromatic heterocycles. The molecule has 2 aromatic rings. The van der Waals surface area contributed by atoms with Crippen molar-refractivity contribution in [2.24, 2.45) is 0 Å². The van der Waals surface area contributed by atoms with Crippen LogP contribution in [0.5, 0.6) is 5.88 Å². The zero-order chi connectivity index (χ0) is 14.7. The van der Waals surface area contributed by atoms with Crippen molar-refractivity contribution in [3.05, 3.63) is 42.4 Å². The Hall–Kier alpha value is -2.70. The van der Waals surface area contributed by atoms with Gasteiger partial charge in [-0.3, -0.25) is 4.79 Å². The minimum Gasteiger partial charge on any atom is -0.481 e. The van der Waals surface area contributed by atoms with E-state index < -0.39 is 0 Å². The normalized spacial score (nSPS) is 14.4. The van der Waals surface area contributed by atoms with Crippen LogP contribution in [0.3, 0.4) is 0 Å². The number of pyridine rings is 1. The molecule has 1 saturated heterocycles. The van der Waals surface area contributed by atoms with Gasteiger partial charge in [-0.15, -0.1) is 0 Å². The van der Waals surface area contributed by atoms with Crippen molar-refractivity contribution in [1.82, 2.24) is 19.9 Å². The zero-order valence-corrected chi connectivity index (χ0v) is 11.6. The molecule has 0 atom stereocenters. The minimum absolute atomic E-state index is 0.0304. The molecule has 3 rings (SSSR count). The van der Waals surface area contributed by atoms with Crippen LogP contribution < -0.4 is 10.1 Å². The summed E-state index contributed by atoms with van der Waals surface area (Å²) in [6, 6.07) is 5.34. The van der Waals surface area contributed by atoms with Crippen molar-refractivity contribution in [3.63, 3.8) is 0 Å². The molecule has 0 aliphatic carbocycles. The van der Waals surface area contributed by atoms with Gasteiger partial charge in [-0.05, 0) is 12.1 Å². The molecular formula is C14H15N5O2. The maximum Gasteiger partial charge on any atom is 0.255 e. The standard InChI is InChI=1S/C14H15N5O2/c1-21-12-4-3-10(7-17-12)13(20)19-8-11(9-19)18-14-15-5-2-6-16-14/h2-7,11H,8-9H2,1H3,(H,15,16,18). The van der Waals surface area contributed by atoms with E-state index in [9.17, 15) is 4.79 Å². The number of methoxy groups -OCH3 is 1. The smallest absolute Gasteiger partial charge is 0.255 e. The van der Waals surface area contributed by atoms with Crippen LogP contribution in [0, 0.1) is 0 Å². The van der Waals surface area contributed by atoms with Crippen molar-refractivity contribution in [1.29, 1.82) is 0 Å². The first-order valence-corrected chi connectivity index (χ1v) is 6.59. The highest BCUT2D eigenvalue weighted by Crippen LogP contribution is 2.16. The third kappa shape index (κ3) is 2.91. The van der Waals surface area contributed by atoms with Gasteiger partial charge < -0.3 is 15.0 Å². The summed E-state index contributed by atoms with van der Waals surface area (Å²) in [5.41, 5.74) is 0.560. The molecule has 0 spiro atoms. The first-order valence-electron chi connectivity index (χ1n) is 6.59. The van der Waals surface area contributed by atoms with Crippen molar-refractivity contribution in [2.75, 3.05) is 25.5 Å². The first kappa shape index (κ1) is 13.3. The largest absolute Gasteiger partial charge is 0.481 e. The van der Waals surface area contributed by atoms with Gasteiger partial charge in [0.25, 0.3) is 5.91 Å². The Kier molecular flexibility index (Phi) is 3.63. The molecule has 7 heteroatoms. The number of likely N-dealkylation sites (tertiary alicyclic amines) is 1. The summed E-state index contributed by atoms with van der Waals surface area (Å²) in [5.74, 6) is 1.05. The van der Waals surface area contributed by atoms with Gasteiger partial charge in [0.2, 0.25) is 11.8 Å². The third-order valence-corrected chi connectivity index (χ3v) is 3.26. The van der Waals surface area contributed by atoms with Gasteiger partial charge in [0, 0.05) is 37.7 Å². The Morgan fingerprint density at radius 2 is 2.05 bits per heavy atom. The summed E-state index contributed by atoms with van der Waals surface area (Å²) in [7, 11) is 1.54. The van der Waals surface area contributed by atoms with Crippen LogP contribution in [0.4, 0.5) is 5.95 Å². The molecule has 0 radical (unpaired) electrons. The Labute approximate surface area is 122 Å². The van der Waals surface area contributed by atoms with E-state index in [-0.39, 0.29) is 11.9 Å². The van der Waals surface area contributed by atoms with Gasteiger partial charge in [-0.2, -0.15) is 0 Å². The lowest BCUT2D eigenvalue weighted by atomic mass is 10.1. The maximum atomic E-state index is 12.2. The van der Waals surface area contributed by atoms with Gasteiger partial charge >= 0.3 is 0 Å². The van der Waals surface area contributed by atoms with Gasteiger partial charge in [-0.1, -0.05) is 0 Å². The molecule has 0 unspecified atom stereocenters. The molecule has 108 valence electrons. The SMILES string of the molecule is COc1ccc(C(=O)N2CC(Nc3ncccn3)C2)cn1. The van der Waals surface area contributed by atoms with E-state index in [1.165, 1.54) is 6.20 Å². The molecule has 1 amide bonds. The Bertz CT molecular complexity index is 611. The number of anilines is 1. The van der Waals surface area contributed by atoms with E-state index in [0.29, 0.717) is 30.5 Å². The molecule has 0 saturated carbocycles. The van der Waals surface area contributed by atoms with Crippen LogP contribution in [-0.4, -0.2) is 52.0 Å². The highest BCUT2D eigenvalue weighted by molar-refractivity contribution is 5.94. The number of carbonyl (C=O) groups is 1. The van der Waals surface area contributed by atoms with E-state index in [1.807, 2.05) is 0 Å². The van der Waals surface area contributed by atoms with E-state index in [0.717, 1.165) is 0 Å². The maximum absolute atomic E-state index is 12.2. The molecule has 7 nitrogen and oxygen atoms in total. The fourth-order valence-electron chi connectivity index (χ4n) is 2.10. The highest BCUT2D eigenvalue weighted by Gasteiger charge is 2.31. The van der Waals surface area contributed by atoms with Crippen molar-refractivity contribution < 1.29 is 9.53 Å². The Morgan fingerprint density at radius 1 is 1.29 bits per heavy atom. The average molecular weight is 285 g/mol. The monoisotopic (exact) mass is 285 g/mol. The topological polar surface area (TPSA) is 80.2 Å². The van der Waals surface area contributed by atoms with Crippen LogP contribution in [0.15, 0.2) is 36.8 Å². The summed E-state index contributed by atoms with van der Waals surface area (Å²) in [5, 5.41) is 3.18. The number of carbonyl (C=O) groups excluding carboxylic acids is 1. The summed E-state index contributed by atoms with van der Waals surface area (Å²) in [4.78, 5) is 26.2.